The fraction of sp³-hybridized carbons (Fsp3) is 0.0909. The van der Waals surface area contributed by atoms with Crippen LogP contribution in [0.2, 0.25) is 0 Å². The Balaban J connectivity index is 2.70. The van der Waals surface area contributed by atoms with Crippen LogP contribution in [0, 0.1) is 10.5 Å². The first-order chi connectivity index (χ1) is 8.08. The highest BCUT2D eigenvalue weighted by Gasteiger charge is 2.11. The highest BCUT2D eigenvalue weighted by atomic mass is 127. The zero-order chi connectivity index (χ0) is 12.2. The minimum atomic E-state index is -0.0877. The van der Waals surface area contributed by atoms with Crippen molar-refractivity contribution in [2.45, 2.75) is 6.92 Å². The lowest BCUT2D eigenvalue weighted by molar-refractivity contribution is 0.974. The van der Waals surface area contributed by atoms with E-state index in [9.17, 15) is 4.79 Å². The second-order valence-corrected chi connectivity index (χ2v) is 5.87. The van der Waals surface area contributed by atoms with Gasteiger partial charge in [-0.05, 0) is 63.1 Å². The monoisotopic (exact) mass is 403 g/mol. The van der Waals surface area contributed by atoms with Gasteiger partial charge < -0.3 is 4.98 Å². The van der Waals surface area contributed by atoms with E-state index in [-0.39, 0.29) is 5.56 Å². The van der Waals surface area contributed by atoms with Crippen molar-refractivity contribution < 1.29 is 0 Å². The predicted molar refractivity (Wildman–Crippen MR) is 78.5 cm³/mol. The van der Waals surface area contributed by atoms with Crippen molar-refractivity contribution in [1.29, 1.82) is 0 Å². The van der Waals surface area contributed by atoms with Gasteiger partial charge in [-0.15, -0.1) is 0 Å². The molecule has 0 unspecified atom stereocenters. The minimum Gasteiger partial charge on any atom is -0.305 e. The molecule has 0 radical (unpaired) electrons. The molecule has 0 saturated heterocycles. The van der Waals surface area contributed by atoms with Crippen LogP contribution in [0.3, 0.4) is 0 Å². The van der Waals surface area contributed by atoms with E-state index < -0.39 is 0 Å². The lowest BCUT2D eigenvalue weighted by Gasteiger charge is -2.05. The highest BCUT2D eigenvalue weighted by Crippen LogP contribution is 2.24. The Morgan fingerprint density at radius 3 is 3.00 bits per heavy atom. The second kappa shape index (κ2) is 3.81. The third-order valence-electron chi connectivity index (χ3n) is 2.62. The molecule has 0 aliphatic rings. The summed E-state index contributed by atoms with van der Waals surface area (Å²) in [5.41, 5.74) is 2.48. The number of benzene rings is 1. The van der Waals surface area contributed by atoms with Gasteiger partial charge in [0.15, 0.2) is 0 Å². The van der Waals surface area contributed by atoms with Gasteiger partial charge in [0.1, 0.15) is 5.65 Å². The summed E-state index contributed by atoms with van der Waals surface area (Å²) in [6, 6.07) is 3.85. The normalized spacial score (nSPS) is 11.5. The van der Waals surface area contributed by atoms with Crippen LogP contribution in [0.4, 0.5) is 0 Å². The SMILES string of the molecule is Cc1cc(Br)c2c(c1)c(=O)[nH]c1c(I)cnn12. The Hall–Kier alpha value is -0.890. The molecule has 0 atom stereocenters. The number of aromatic amines is 1. The van der Waals surface area contributed by atoms with E-state index >= 15 is 0 Å². The van der Waals surface area contributed by atoms with E-state index in [1.165, 1.54) is 0 Å². The number of aromatic nitrogens is 3. The van der Waals surface area contributed by atoms with Crippen LogP contribution < -0.4 is 5.56 Å². The molecule has 0 spiro atoms. The van der Waals surface area contributed by atoms with E-state index in [0.717, 1.165) is 24.8 Å². The first kappa shape index (κ1) is 11.2. The summed E-state index contributed by atoms with van der Waals surface area (Å²) in [5, 5.41) is 4.93. The highest BCUT2D eigenvalue weighted by molar-refractivity contribution is 14.1. The Kier molecular flexibility index (Phi) is 2.51. The summed E-state index contributed by atoms with van der Waals surface area (Å²) in [5.74, 6) is 0. The molecule has 0 fully saturated rings. The van der Waals surface area contributed by atoms with Crippen LogP contribution in [0.1, 0.15) is 5.56 Å². The molecular weight excluding hydrogens is 397 g/mol. The third kappa shape index (κ3) is 1.61. The molecule has 3 aromatic rings. The first-order valence-corrected chi connectivity index (χ1v) is 6.80. The van der Waals surface area contributed by atoms with E-state index in [1.54, 1.807) is 10.7 Å². The lowest BCUT2D eigenvalue weighted by Crippen LogP contribution is -2.11. The molecule has 6 heteroatoms. The van der Waals surface area contributed by atoms with Gasteiger partial charge in [-0.1, -0.05) is 0 Å². The van der Waals surface area contributed by atoms with Crippen molar-refractivity contribution in [2.24, 2.45) is 0 Å². The van der Waals surface area contributed by atoms with Crippen LogP contribution in [0.15, 0.2) is 27.6 Å². The summed E-state index contributed by atoms with van der Waals surface area (Å²) < 4.78 is 3.55. The number of halogens is 2. The van der Waals surface area contributed by atoms with Crippen molar-refractivity contribution in [3.63, 3.8) is 0 Å². The smallest absolute Gasteiger partial charge is 0.259 e. The first-order valence-electron chi connectivity index (χ1n) is 4.93. The van der Waals surface area contributed by atoms with Crippen molar-refractivity contribution in [2.75, 3.05) is 0 Å². The lowest BCUT2D eigenvalue weighted by atomic mass is 10.2. The largest absolute Gasteiger partial charge is 0.305 e. The molecular formula is C11H7BrIN3O. The van der Waals surface area contributed by atoms with E-state index in [1.807, 2.05) is 19.1 Å². The van der Waals surface area contributed by atoms with Gasteiger partial charge in [-0.2, -0.15) is 5.10 Å². The van der Waals surface area contributed by atoms with Gasteiger partial charge in [0.25, 0.3) is 5.56 Å². The zero-order valence-electron chi connectivity index (χ0n) is 8.79. The Labute approximate surface area is 118 Å². The van der Waals surface area contributed by atoms with Gasteiger partial charge in [-0.3, -0.25) is 4.79 Å². The number of hydrogen-bond donors (Lipinski definition) is 1. The second-order valence-electron chi connectivity index (χ2n) is 3.85. The van der Waals surface area contributed by atoms with Crippen LogP contribution in [0.5, 0.6) is 0 Å². The average Bonchev–Trinajstić information content (AvgIpc) is 2.60. The van der Waals surface area contributed by atoms with Crippen molar-refractivity contribution in [3.8, 4) is 0 Å². The molecule has 0 saturated carbocycles. The molecule has 0 bridgehead atoms. The van der Waals surface area contributed by atoms with Crippen LogP contribution in [-0.2, 0) is 0 Å². The fourth-order valence-corrected chi connectivity index (χ4v) is 3.14. The topological polar surface area (TPSA) is 50.2 Å². The summed E-state index contributed by atoms with van der Waals surface area (Å²) in [6.45, 7) is 1.96. The predicted octanol–water partition coefficient (Wildman–Crippen LogP) is 2.85. The Morgan fingerprint density at radius 1 is 1.47 bits per heavy atom. The number of fused-ring (bicyclic) bond motifs is 3. The molecule has 1 N–H and O–H groups in total. The Bertz CT molecular complexity index is 806. The van der Waals surface area contributed by atoms with Gasteiger partial charge in [0.05, 0.1) is 20.7 Å². The maximum absolute atomic E-state index is 12.0. The number of aryl methyl sites for hydroxylation is 1. The number of H-pyrrole nitrogens is 1. The number of nitrogens with zero attached hydrogens (tertiary/aromatic N) is 2. The minimum absolute atomic E-state index is 0.0877. The molecule has 2 aromatic heterocycles. The van der Waals surface area contributed by atoms with Crippen molar-refractivity contribution in [1.82, 2.24) is 14.6 Å². The number of rotatable bonds is 0. The summed E-state index contributed by atoms with van der Waals surface area (Å²) >= 11 is 5.65. The van der Waals surface area contributed by atoms with Crippen LogP contribution >= 0.6 is 38.5 Å². The summed E-state index contributed by atoms with van der Waals surface area (Å²) in [7, 11) is 0. The Morgan fingerprint density at radius 2 is 2.24 bits per heavy atom. The summed E-state index contributed by atoms with van der Waals surface area (Å²) in [4.78, 5) is 14.9. The molecule has 4 nitrogen and oxygen atoms in total. The molecule has 0 amide bonds. The molecule has 0 aliphatic carbocycles. The van der Waals surface area contributed by atoms with Gasteiger partial charge in [0, 0.05) is 4.47 Å². The van der Waals surface area contributed by atoms with Crippen molar-refractivity contribution in [3.05, 3.63) is 42.3 Å². The molecule has 0 aliphatic heterocycles. The summed E-state index contributed by atoms with van der Waals surface area (Å²) in [6.07, 6.45) is 1.73. The van der Waals surface area contributed by atoms with Gasteiger partial charge in [-0.25, -0.2) is 4.52 Å². The molecule has 17 heavy (non-hydrogen) atoms. The number of hydrogen-bond acceptors (Lipinski definition) is 2. The number of nitrogens with one attached hydrogen (secondary N) is 1. The van der Waals surface area contributed by atoms with Crippen molar-refractivity contribution >= 4 is 55.1 Å². The molecule has 2 heterocycles. The third-order valence-corrected chi connectivity index (χ3v) is 4.01. The van der Waals surface area contributed by atoms with Gasteiger partial charge in [0.2, 0.25) is 0 Å². The maximum Gasteiger partial charge on any atom is 0.259 e. The van der Waals surface area contributed by atoms with Crippen LogP contribution in [-0.4, -0.2) is 14.6 Å². The van der Waals surface area contributed by atoms with Gasteiger partial charge >= 0.3 is 0 Å². The zero-order valence-corrected chi connectivity index (χ0v) is 12.5. The average molecular weight is 404 g/mol. The quantitative estimate of drug-likeness (QED) is 0.587. The van der Waals surface area contributed by atoms with E-state index in [0.29, 0.717) is 5.39 Å². The standard InChI is InChI=1S/C11H7BrIN3O/c1-5-2-6-9(7(12)3-5)16-10(15-11(6)17)8(13)4-14-16/h2-4H,1H3,(H,15,17). The molecule has 3 rings (SSSR count). The maximum atomic E-state index is 12.0. The van der Waals surface area contributed by atoms with E-state index in [2.05, 4.69) is 48.6 Å². The molecule has 86 valence electrons. The van der Waals surface area contributed by atoms with E-state index in [4.69, 9.17) is 0 Å². The van der Waals surface area contributed by atoms with Crippen LogP contribution in [0.25, 0.3) is 16.6 Å². The molecule has 1 aromatic carbocycles. The fourth-order valence-electron chi connectivity index (χ4n) is 1.91.